The molecule has 2 N–H and O–H groups in total. The highest BCUT2D eigenvalue weighted by Crippen LogP contribution is 2.58. The second kappa shape index (κ2) is 6.75. The van der Waals surface area contributed by atoms with Crippen LogP contribution in [-0.2, 0) is 4.79 Å². The van der Waals surface area contributed by atoms with Crippen LogP contribution in [0.3, 0.4) is 0 Å². The van der Waals surface area contributed by atoms with Gasteiger partial charge in [0, 0.05) is 30.4 Å². The van der Waals surface area contributed by atoms with Gasteiger partial charge in [-0.05, 0) is 68.8 Å². The summed E-state index contributed by atoms with van der Waals surface area (Å²) in [6, 6.07) is 8.42. The van der Waals surface area contributed by atoms with E-state index in [1.54, 1.807) is 0 Å². The lowest BCUT2D eigenvalue weighted by Gasteiger charge is -2.24. The first-order valence-corrected chi connectivity index (χ1v) is 9.63. The van der Waals surface area contributed by atoms with Crippen LogP contribution in [0, 0.1) is 11.3 Å². The number of carbonyl (C=O) groups is 1. The fraction of sp³-hybridized carbons (Fsp3) is 0.650. The standard InChI is InChI=1S/C20H29N3O/c24-19(18-15-20(18)8-10-21-11-9-20)22-16-6-5-7-17(14-16)23-12-3-1-2-4-13-23/h5-7,14,18,21H,1-4,8-13,15H2,(H,22,24). The van der Waals surface area contributed by atoms with Crippen molar-refractivity contribution >= 4 is 17.3 Å². The van der Waals surface area contributed by atoms with Crippen LogP contribution < -0.4 is 15.5 Å². The lowest BCUT2D eigenvalue weighted by atomic mass is 9.92. The predicted octanol–water partition coefficient (Wildman–Crippen LogP) is 3.40. The summed E-state index contributed by atoms with van der Waals surface area (Å²) in [6.07, 6.45) is 8.60. The van der Waals surface area contributed by atoms with Crippen molar-refractivity contribution in [3.05, 3.63) is 24.3 Å². The minimum absolute atomic E-state index is 0.224. The van der Waals surface area contributed by atoms with Gasteiger partial charge in [0.15, 0.2) is 0 Å². The molecule has 0 aromatic heterocycles. The molecule has 0 bridgehead atoms. The number of nitrogens with one attached hydrogen (secondary N) is 2. The third-order valence-electron chi connectivity index (χ3n) is 6.19. The van der Waals surface area contributed by atoms with Crippen LogP contribution in [0.15, 0.2) is 24.3 Å². The Labute approximate surface area is 145 Å². The van der Waals surface area contributed by atoms with E-state index in [4.69, 9.17) is 0 Å². The summed E-state index contributed by atoms with van der Waals surface area (Å²) in [5, 5.41) is 6.59. The zero-order chi connectivity index (χ0) is 16.4. The van der Waals surface area contributed by atoms with E-state index >= 15 is 0 Å². The van der Waals surface area contributed by atoms with Gasteiger partial charge in [0.25, 0.3) is 0 Å². The highest BCUT2D eigenvalue weighted by molar-refractivity contribution is 5.95. The number of hydrogen-bond donors (Lipinski definition) is 2. The number of piperidine rings is 1. The summed E-state index contributed by atoms with van der Waals surface area (Å²) < 4.78 is 0. The van der Waals surface area contributed by atoms with Gasteiger partial charge in [-0.1, -0.05) is 18.9 Å². The molecule has 0 radical (unpaired) electrons. The summed E-state index contributed by atoms with van der Waals surface area (Å²) in [4.78, 5) is 15.1. The molecular formula is C20H29N3O. The Hall–Kier alpha value is -1.55. The first-order valence-electron chi connectivity index (χ1n) is 9.63. The average molecular weight is 327 g/mol. The van der Waals surface area contributed by atoms with Gasteiger partial charge in [-0.15, -0.1) is 0 Å². The monoisotopic (exact) mass is 327 g/mol. The Morgan fingerprint density at radius 3 is 2.62 bits per heavy atom. The molecule has 1 unspecified atom stereocenters. The quantitative estimate of drug-likeness (QED) is 0.894. The van der Waals surface area contributed by atoms with Crippen LogP contribution in [-0.4, -0.2) is 32.1 Å². The zero-order valence-electron chi connectivity index (χ0n) is 14.5. The number of nitrogens with zero attached hydrogens (tertiary/aromatic N) is 1. The predicted molar refractivity (Wildman–Crippen MR) is 98.4 cm³/mol. The molecule has 2 heterocycles. The Balaban J connectivity index is 1.40. The van der Waals surface area contributed by atoms with E-state index in [-0.39, 0.29) is 11.8 Å². The topological polar surface area (TPSA) is 44.4 Å². The fourth-order valence-corrected chi connectivity index (χ4v) is 4.53. The van der Waals surface area contributed by atoms with E-state index in [0.29, 0.717) is 5.41 Å². The molecule has 1 saturated carbocycles. The minimum atomic E-state index is 0.224. The van der Waals surface area contributed by atoms with E-state index in [9.17, 15) is 4.79 Å². The van der Waals surface area contributed by atoms with Crippen molar-refractivity contribution in [2.45, 2.75) is 44.9 Å². The Morgan fingerprint density at radius 1 is 1.12 bits per heavy atom. The maximum absolute atomic E-state index is 12.6. The van der Waals surface area contributed by atoms with Crippen LogP contribution in [0.2, 0.25) is 0 Å². The lowest BCUT2D eigenvalue weighted by molar-refractivity contribution is -0.118. The largest absolute Gasteiger partial charge is 0.371 e. The van der Waals surface area contributed by atoms with E-state index in [2.05, 4.69) is 33.7 Å². The van der Waals surface area contributed by atoms with Crippen molar-refractivity contribution in [2.24, 2.45) is 11.3 Å². The average Bonchev–Trinajstić information content (AvgIpc) is 3.35. The molecule has 4 nitrogen and oxygen atoms in total. The van der Waals surface area contributed by atoms with E-state index < -0.39 is 0 Å². The first kappa shape index (κ1) is 15.9. The van der Waals surface area contributed by atoms with Crippen molar-refractivity contribution in [2.75, 3.05) is 36.4 Å². The van der Waals surface area contributed by atoms with E-state index in [1.165, 1.54) is 31.4 Å². The SMILES string of the molecule is O=C(Nc1cccc(N2CCCCCC2)c1)C1CC12CCNCC2. The van der Waals surface area contributed by atoms with Gasteiger partial charge in [0.1, 0.15) is 0 Å². The zero-order valence-corrected chi connectivity index (χ0v) is 14.5. The summed E-state index contributed by atoms with van der Waals surface area (Å²) in [7, 11) is 0. The molecular weight excluding hydrogens is 298 g/mol. The van der Waals surface area contributed by atoms with Gasteiger partial charge in [0.05, 0.1) is 0 Å². The van der Waals surface area contributed by atoms with E-state index in [1.807, 2.05) is 6.07 Å². The molecule has 3 fully saturated rings. The summed E-state index contributed by atoms with van der Waals surface area (Å²) >= 11 is 0. The van der Waals surface area contributed by atoms with Gasteiger partial charge in [-0.25, -0.2) is 0 Å². The molecule has 24 heavy (non-hydrogen) atoms. The summed E-state index contributed by atoms with van der Waals surface area (Å²) in [5.41, 5.74) is 2.51. The van der Waals surface area contributed by atoms with Crippen LogP contribution in [0.5, 0.6) is 0 Å². The number of anilines is 2. The second-order valence-corrected chi connectivity index (χ2v) is 7.81. The van der Waals surface area contributed by atoms with Crippen LogP contribution >= 0.6 is 0 Å². The molecule has 2 saturated heterocycles. The smallest absolute Gasteiger partial charge is 0.228 e. The van der Waals surface area contributed by atoms with Crippen LogP contribution in [0.4, 0.5) is 11.4 Å². The number of hydrogen-bond acceptors (Lipinski definition) is 3. The van der Waals surface area contributed by atoms with Crippen LogP contribution in [0.25, 0.3) is 0 Å². The maximum atomic E-state index is 12.6. The number of rotatable bonds is 3. The molecule has 3 aliphatic rings. The van der Waals surface area contributed by atoms with E-state index in [0.717, 1.165) is 51.1 Å². The normalized spacial score (nSPS) is 26.0. The number of carbonyl (C=O) groups excluding carboxylic acids is 1. The summed E-state index contributed by atoms with van der Waals surface area (Å²) in [5.74, 6) is 0.450. The maximum Gasteiger partial charge on any atom is 0.228 e. The lowest BCUT2D eigenvalue weighted by Crippen LogP contribution is -2.31. The Morgan fingerprint density at radius 2 is 1.88 bits per heavy atom. The van der Waals surface area contributed by atoms with Crippen molar-refractivity contribution in [3.63, 3.8) is 0 Å². The van der Waals surface area contributed by atoms with Gasteiger partial charge in [-0.2, -0.15) is 0 Å². The minimum Gasteiger partial charge on any atom is -0.371 e. The molecule has 2 aliphatic heterocycles. The number of amides is 1. The second-order valence-electron chi connectivity index (χ2n) is 7.81. The highest BCUT2D eigenvalue weighted by Gasteiger charge is 2.57. The van der Waals surface area contributed by atoms with Gasteiger partial charge < -0.3 is 15.5 Å². The third-order valence-corrected chi connectivity index (χ3v) is 6.19. The fourth-order valence-electron chi connectivity index (χ4n) is 4.53. The van der Waals surface area contributed by atoms with Crippen molar-refractivity contribution in [3.8, 4) is 0 Å². The Kier molecular flexibility index (Phi) is 4.49. The molecule has 4 rings (SSSR count). The molecule has 1 spiro atoms. The van der Waals surface area contributed by atoms with Crippen LogP contribution in [0.1, 0.15) is 44.9 Å². The third kappa shape index (κ3) is 3.30. The highest BCUT2D eigenvalue weighted by atomic mass is 16.2. The molecule has 1 atom stereocenters. The molecule has 1 aromatic carbocycles. The van der Waals surface area contributed by atoms with Gasteiger partial charge >= 0.3 is 0 Å². The molecule has 1 amide bonds. The Bertz CT molecular complexity index is 586. The van der Waals surface area contributed by atoms with Gasteiger partial charge in [-0.3, -0.25) is 4.79 Å². The molecule has 130 valence electrons. The van der Waals surface area contributed by atoms with Crippen molar-refractivity contribution in [1.82, 2.24) is 5.32 Å². The molecule has 1 aliphatic carbocycles. The number of benzene rings is 1. The molecule has 1 aromatic rings. The van der Waals surface area contributed by atoms with Crippen molar-refractivity contribution in [1.29, 1.82) is 0 Å². The first-order chi connectivity index (χ1) is 11.8. The summed E-state index contributed by atoms with van der Waals surface area (Å²) in [6.45, 7) is 4.40. The van der Waals surface area contributed by atoms with Crippen molar-refractivity contribution < 1.29 is 4.79 Å². The van der Waals surface area contributed by atoms with Gasteiger partial charge in [0.2, 0.25) is 5.91 Å². The molecule has 4 heteroatoms.